The summed E-state index contributed by atoms with van der Waals surface area (Å²) in [6.07, 6.45) is -5.00. The molecule has 0 atom stereocenters. The van der Waals surface area contributed by atoms with Crippen molar-refractivity contribution in [3.05, 3.63) is 53.8 Å². The maximum atomic E-state index is 12.3. The molecule has 5 N–H and O–H groups in total. The van der Waals surface area contributed by atoms with Gasteiger partial charge in [0.25, 0.3) is 11.1 Å². The standard InChI is InChI=1S/C10H17N3O2.C7H11N3O2.C3H7I/c1-3-5-12-8(11)7-9(14)13(6-4-2)10(12)15;1-2-3-10-5(8)4-6(11)9-7(10)12;1-2-3-4/h7H,3-6,11H2,1-2H3;4H,2-3,8H2,1H3,(H,9,11,12);2-3H2,1H3/i2D3,4D2,6D2;;1D3,2D2,3D2. The predicted molar refractivity (Wildman–Crippen MR) is 135 cm³/mol. The van der Waals surface area contributed by atoms with E-state index in [2.05, 4.69) is 4.98 Å². The van der Waals surface area contributed by atoms with Crippen molar-refractivity contribution in [1.29, 1.82) is 0 Å². The van der Waals surface area contributed by atoms with Gasteiger partial charge in [-0.15, -0.1) is 0 Å². The van der Waals surface area contributed by atoms with Crippen LogP contribution in [0.4, 0.5) is 11.6 Å². The Bertz CT molecular complexity index is 1520. The van der Waals surface area contributed by atoms with Gasteiger partial charge in [-0.1, -0.05) is 50.1 Å². The molecule has 0 aromatic carbocycles. The smallest absolute Gasteiger partial charge is 0.332 e. The highest BCUT2D eigenvalue weighted by Crippen LogP contribution is 1.96. The molecule has 0 saturated carbocycles. The molecule has 0 aliphatic heterocycles. The van der Waals surface area contributed by atoms with Gasteiger partial charge in [0.2, 0.25) is 0 Å². The van der Waals surface area contributed by atoms with Crippen molar-refractivity contribution in [2.45, 2.75) is 72.7 Å². The van der Waals surface area contributed by atoms with E-state index in [1.54, 1.807) is 6.92 Å². The summed E-state index contributed by atoms with van der Waals surface area (Å²) >= 11 is 1.14. The van der Waals surface area contributed by atoms with Gasteiger partial charge in [-0.3, -0.25) is 28.3 Å². The molecule has 0 unspecified atom stereocenters. The zero-order valence-electron chi connectivity index (χ0n) is 31.0. The van der Waals surface area contributed by atoms with Gasteiger partial charge < -0.3 is 11.5 Å². The van der Waals surface area contributed by atoms with Gasteiger partial charge in [-0.2, -0.15) is 0 Å². The van der Waals surface area contributed by atoms with Crippen LogP contribution in [0.15, 0.2) is 31.3 Å². The number of aromatic nitrogens is 4. The number of H-pyrrole nitrogens is 1. The van der Waals surface area contributed by atoms with Crippen molar-refractivity contribution in [2.24, 2.45) is 0 Å². The first kappa shape index (κ1) is 12.7. The Labute approximate surface area is 215 Å². The number of alkyl halides is 1. The number of hydrogen-bond acceptors (Lipinski definition) is 6. The normalized spacial score (nSPS) is 19.3. The fourth-order valence-corrected chi connectivity index (χ4v) is 2.19. The lowest BCUT2D eigenvalue weighted by Crippen LogP contribution is -2.40. The van der Waals surface area contributed by atoms with E-state index < -0.39 is 59.8 Å². The van der Waals surface area contributed by atoms with Crippen LogP contribution in [0.2, 0.25) is 0 Å². The van der Waals surface area contributed by atoms with Gasteiger partial charge in [0.15, 0.2) is 0 Å². The van der Waals surface area contributed by atoms with Gasteiger partial charge in [0.05, 0.1) is 2.74 Å². The van der Waals surface area contributed by atoms with E-state index >= 15 is 0 Å². The summed E-state index contributed by atoms with van der Waals surface area (Å²) in [5, 5.41) is 0. The molecule has 0 fully saturated rings. The Hall–Kier alpha value is -2.31. The number of nitrogens with two attached hydrogens (primary N) is 2. The molecular formula is C20H35IN6O4. The lowest BCUT2D eigenvalue weighted by atomic mass is 10.4. The number of aromatic amines is 1. The highest BCUT2D eigenvalue weighted by Gasteiger charge is 2.07. The average Bonchev–Trinajstić information content (AvgIpc) is 2.82. The van der Waals surface area contributed by atoms with E-state index in [-0.39, 0.29) is 22.7 Å². The van der Waals surface area contributed by atoms with Gasteiger partial charge in [-0.05, 0) is 30.0 Å². The van der Waals surface area contributed by atoms with Gasteiger partial charge in [-0.25, -0.2) is 9.59 Å². The van der Waals surface area contributed by atoms with Crippen LogP contribution < -0.4 is 34.0 Å². The van der Waals surface area contributed by atoms with Crippen LogP contribution in [0.5, 0.6) is 0 Å². The molecule has 0 saturated heterocycles. The molecule has 2 aromatic rings. The summed E-state index contributed by atoms with van der Waals surface area (Å²) in [6, 6.07) is 1.97. The number of nitrogen functional groups attached to an aromatic ring is 2. The largest absolute Gasteiger partial charge is 0.385 e. The highest BCUT2D eigenvalue weighted by atomic mass is 127. The SMILES string of the molecule is CCCn1c(N)cc(=O)[nH]c1=O.[2H]C([2H])([2H])C([2H])([2H])C([2H])([2H])I.[2H]C([2H])([2H])C([2H])([2H])C([2H])([2H])n1c(=O)cc(N)n(CCC)c1=O. The Morgan fingerprint density at radius 1 is 0.968 bits per heavy atom. The Morgan fingerprint density at radius 2 is 1.55 bits per heavy atom. The molecular weight excluding hydrogens is 515 g/mol. The van der Waals surface area contributed by atoms with Gasteiger partial charge in [0, 0.05) is 48.2 Å². The van der Waals surface area contributed by atoms with E-state index in [0.29, 0.717) is 13.0 Å². The topological polar surface area (TPSA) is 151 Å². The summed E-state index contributed by atoms with van der Waals surface area (Å²) in [7, 11) is 0. The van der Waals surface area contributed by atoms with Crippen molar-refractivity contribution in [3.8, 4) is 0 Å². The minimum atomic E-state index is -3.46. The quantitative estimate of drug-likeness (QED) is 0.345. The number of nitrogens with one attached hydrogen (secondary N) is 1. The van der Waals surface area contributed by atoms with Crippen molar-refractivity contribution in [2.75, 3.05) is 15.8 Å². The summed E-state index contributed by atoms with van der Waals surface area (Å²) < 4.78 is 99.6. The predicted octanol–water partition coefficient (Wildman–Crippen LogP) is 1.77. The molecule has 2 heterocycles. The van der Waals surface area contributed by atoms with Crippen molar-refractivity contribution in [1.82, 2.24) is 18.7 Å². The lowest BCUT2D eigenvalue weighted by Gasteiger charge is -2.10. The molecule has 10 nitrogen and oxygen atoms in total. The van der Waals surface area contributed by atoms with E-state index in [1.807, 2.05) is 6.92 Å². The molecule has 2 rings (SSSR count). The number of halogens is 1. The maximum Gasteiger partial charge on any atom is 0.332 e. The number of hydrogen-bond donors (Lipinski definition) is 3. The fraction of sp³-hybridized carbons (Fsp3) is 0.600. The number of rotatable bonds is 7. The molecule has 0 aliphatic rings. The summed E-state index contributed by atoms with van der Waals surface area (Å²) in [5.74, 6) is 0.0175. The molecule has 0 radical (unpaired) electrons. The fourth-order valence-electron chi connectivity index (χ4n) is 2.19. The molecule has 0 bridgehead atoms. The third-order valence-corrected chi connectivity index (χ3v) is 3.67. The highest BCUT2D eigenvalue weighted by molar-refractivity contribution is 14.1. The third-order valence-electron chi connectivity index (χ3n) is 3.40. The summed E-state index contributed by atoms with van der Waals surface area (Å²) in [6.45, 7) is -5.42. The van der Waals surface area contributed by atoms with E-state index in [4.69, 9.17) is 30.7 Å². The van der Waals surface area contributed by atoms with E-state index in [0.717, 1.165) is 39.6 Å². The van der Waals surface area contributed by atoms with Crippen LogP contribution in [0.3, 0.4) is 0 Å². The zero-order valence-corrected chi connectivity index (χ0v) is 19.1. The van der Waals surface area contributed by atoms with Crippen LogP contribution in [0.25, 0.3) is 0 Å². The molecule has 0 spiro atoms. The number of anilines is 2. The average molecular weight is 565 g/mol. The summed E-state index contributed by atoms with van der Waals surface area (Å²) in [4.78, 5) is 48.1. The molecule has 0 aliphatic carbocycles. The minimum Gasteiger partial charge on any atom is -0.385 e. The Balaban J connectivity index is 0.000000710. The van der Waals surface area contributed by atoms with Gasteiger partial charge >= 0.3 is 11.4 Å². The first-order chi connectivity index (χ1) is 19.9. The zero-order chi connectivity index (χ0) is 36.1. The van der Waals surface area contributed by atoms with Crippen LogP contribution in [-0.4, -0.2) is 23.1 Å². The van der Waals surface area contributed by atoms with E-state index in [9.17, 15) is 19.2 Å². The number of nitrogens with zero attached hydrogens (tertiary/aromatic N) is 3. The molecule has 31 heavy (non-hydrogen) atoms. The lowest BCUT2D eigenvalue weighted by molar-refractivity contribution is 0.546. The van der Waals surface area contributed by atoms with Crippen molar-refractivity contribution in [3.63, 3.8) is 0 Å². The molecule has 0 amide bonds. The third kappa shape index (κ3) is 9.57. The van der Waals surface area contributed by atoms with Gasteiger partial charge in [0.1, 0.15) is 11.6 Å². The van der Waals surface area contributed by atoms with Crippen molar-refractivity contribution < 1.29 is 19.2 Å². The Morgan fingerprint density at radius 3 is 2.03 bits per heavy atom. The second-order valence-corrected chi connectivity index (χ2v) is 6.19. The summed E-state index contributed by atoms with van der Waals surface area (Å²) in [5.41, 5.74) is 7.70. The second kappa shape index (κ2) is 15.5. The first-order valence-electron chi connectivity index (χ1n) is 15.8. The van der Waals surface area contributed by atoms with Crippen molar-refractivity contribution >= 4 is 34.2 Å². The minimum absolute atomic E-state index is 0.0363. The van der Waals surface area contributed by atoms with Crippen LogP contribution >= 0.6 is 22.6 Å². The van der Waals surface area contributed by atoms with Crippen LogP contribution in [0, 0.1) is 0 Å². The molecule has 176 valence electrons. The molecule has 11 heteroatoms. The first-order valence-corrected chi connectivity index (χ1v) is 9.93. The maximum absolute atomic E-state index is 12.3. The monoisotopic (exact) mass is 564 g/mol. The second-order valence-electron chi connectivity index (χ2n) is 5.65. The van der Waals surface area contributed by atoms with E-state index in [1.165, 1.54) is 10.6 Å². The van der Waals surface area contributed by atoms with Crippen LogP contribution in [0.1, 0.15) is 72.3 Å². The molecule has 2 aromatic heterocycles. The van der Waals surface area contributed by atoms with Crippen LogP contribution in [-0.2, 0) is 19.6 Å². The Kier molecular flexibility index (Phi) is 6.32.